The average Bonchev–Trinajstić information content (AvgIpc) is 2.46. The van der Waals surface area contributed by atoms with Crippen molar-refractivity contribution < 1.29 is 4.74 Å². The normalized spacial score (nSPS) is 10.1. The van der Waals surface area contributed by atoms with E-state index in [0.717, 1.165) is 32.9 Å². The number of nitrogens with one attached hydrogen (secondary N) is 1. The van der Waals surface area contributed by atoms with Crippen LogP contribution in [0.2, 0.25) is 5.02 Å². The van der Waals surface area contributed by atoms with Crippen molar-refractivity contribution in [2.45, 2.75) is 13.1 Å². The topological polar surface area (TPSA) is 21.3 Å². The molecule has 0 aromatic heterocycles. The summed E-state index contributed by atoms with van der Waals surface area (Å²) in [6, 6.07) is 13.7. The minimum Gasteiger partial charge on any atom is -0.481 e. The van der Waals surface area contributed by atoms with Gasteiger partial charge < -0.3 is 10.1 Å². The number of halogens is 2. The Morgan fingerprint density at radius 1 is 1.19 bits per heavy atom. The zero-order valence-corrected chi connectivity index (χ0v) is 13.7. The highest BCUT2D eigenvalue weighted by Gasteiger charge is 2.04. The molecule has 0 unspecified atom stereocenters. The second-order valence-electron chi connectivity index (χ2n) is 4.48. The van der Waals surface area contributed by atoms with Gasteiger partial charge in [-0.2, -0.15) is 0 Å². The standard InChI is InChI=1S/C17H15BrClNO/c1-2-8-21-17-7-6-15(18)10-14(17)12-20-11-13-4-3-5-16(19)9-13/h1,3-7,9-10,20H,8,11-12H2. The first-order valence-electron chi connectivity index (χ1n) is 6.49. The number of hydrogen-bond acceptors (Lipinski definition) is 2. The van der Waals surface area contributed by atoms with E-state index in [0.29, 0.717) is 6.54 Å². The monoisotopic (exact) mass is 363 g/mol. The van der Waals surface area contributed by atoms with E-state index in [1.165, 1.54) is 0 Å². The largest absolute Gasteiger partial charge is 0.481 e. The number of benzene rings is 2. The van der Waals surface area contributed by atoms with E-state index in [9.17, 15) is 0 Å². The van der Waals surface area contributed by atoms with E-state index in [4.69, 9.17) is 22.8 Å². The van der Waals surface area contributed by atoms with Gasteiger partial charge in [-0.25, -0.2) is 0 Å². The fraction of sp³-hybridized carbons (Fsp3) is 0.176. The summed E-state index contributed by atoms with van der Waals surface area (Å²) < 4.78 is 6.55. The third kappa shape index (κ3) is 5.09. The van der Waals surface area contributed by atoms with E-state index in [1.54, 1.807) is 0 Å². The van der Waals surface area contributed by atoms with Crippen molar-refractivity contribution in [3.8, 4) is 18.1 Å². The van der Waals surface area contributed by atoms with E-state index < -0.39 is 0 Å². The predicted octanol–water partition coefficient (Wildman–Crippen LogP) is 4.40. The lowest BCUT2D eigenvalue weighted by Gasteiger charge is -2.11. The maximum atomic E-state index is 5.97. The fourth-order valence-corrected chi connectivity index (χ4v) is 2.56. The van der Waals surface area contributed by atoms with Gasteiger partial charge in [-0.3, -0.25) is 0 Å². The molecule has 2 nitrogen and oxygen atoms in total. The summed E-state index contributed by atoms with van der Waals surface area (Å²) in [4.78, 5) is 0. The van der Waals surface area contributed by atoms with Gasteiger partial charge in [0.1, 0.15) is 12.4 Å². The third-order valence-electron chi connectivity index (χ3n) is 2.87. The van der Waals surface area contributed by atoms with Crippen LogP contribution in [0.4, 0.5) is 0 Å². The van der Waals surface area contributed by atoms with Crippen molar-refractivity contribution in [1.29, 1.82) is 0 Å². The Labute approximate surface area is 138 Å². The molecule has 0 saturated carbocycles. The summed E-state index contributed by atoms with van der Waals surface area (Å²) in [6.45, 7) is 1.69. The summed E-state index contributed by atoms with van der Waals surface area (Å²) in [6.07, 6.45) is 5.23. The molecule has 0 atom stereocenters. The molecule has 0 amide bonds. The molecule has 2 aromatic carbocycles. The molecule has 0 aliphatic rings. The summed E-state index contributed by atoms with van der Waals surface area (Å²) in [5.74, 6) is 3.28. The van der Waals surface area contributed by atoms with Gasteiger partial charge >= 0.3 is 0 Å². The Kier molecular flexibility index (Phi) is 6.13. The third-order valence-corrected chi connectivity index (χ3v) is 3.60. The molecule has 2 aromatic rings. The van der Waals surface area contributed by atoms with Gasteiger partial charge in [0, 0.05) is 28.1 Å². The summed E-state index contributed by atoms with van der Waals surface area (Å²) in [5, 5.41) is 4.12. The highest BCUT2D eigenvalue weighted by atomic mass is 79.9. The molecular formula is C17H15BrClNO. The van der Waals surface area contributed by atoms with Crippen LogP contribution in [0.3, 0.4) is 0 Å². The maximum Gasteiger partial charge on any atom is 0.148 e. The summed E-state index contributed by atoms with van der Waals surface area (Å²) in [7, 11) is 0. The SMILES string of the molecule is C#CCOc1ccc(Br)cc1CNCc1cccc(Cl)c1. The molecule has 0 fully saturated rings. The molecule has 0 aliphatic carbocycles. The fourth-order valence-electron chi connectivity index (χ4n) is 1.93. The van der Waals surface area contributed by atoms with Crippen molar-refractivity contribution >= 4 is 27.5 Å². The molecular weight excluding hydrogens is 350 g/mol. The summed E-state index contributed by atoms with van der Waals surface area (Å²) in [5.41, 5.74) is 2.20. The van der Waals surface area contributed by atoms with Crippen LogP contribution in [-0.4, -0.2) is 6.61 Å². The van der Waals surface area contributed by atoms with Crippen LogP contribution >= 0.6 is 27.5 Å². The van der Waals surface area contributed by atoms with Crippen molar-refractivity contribution in [3.05, 3.63) is 63.1 Å². The molecule has 108 valence electrons. The average molecular weight is 365 g/mol. The molecule has 0 aliphatic heterocycles. The van der Waals surface area contributed by atoms with Crippen molar-refractivity contribution in [2.24, 2.45) is 0 Å². The van der Waals surface area contributed by atoms with E-state index in [-0.39, 0.29) is 6.61 Å². The first-order valence-corrected chi connectivity index (χ1v) is 7.66. The minimum absolute atomic E-state index is 0.267. The van der Waals surface area contributed by atoms with Crippen molar-refractivity contribution in [1.82, 2.24) is 5.32 Å². The smallest absolute Gasteiger partial charge is 0.148 e. The zero-order valence-electron chi connectivity index (χ0n) is 11.4. The Morgan fingerprint density at radius 2 is 2.05 bits per heavy atom. The second-order valence-corrected chi connectivity index (χ2v) is 5.83. The first-order chi connectivity index (χ1) is 10.2. The van der Waals surface area contributed by atoms with Crippen LogP contribution in [0.1, 0.15) is 11.1 Å². The minimum atomic E-state index is 0.267. The Bertz CT molecular complexity index is 651. The van der Waals surface area contributed by atoms with Gasteiger partial charge in [0.15, 0.2) is 0 Å². The molecule has 0 bridgehead atoms. The van der Waals surface area contributed by atoms with Crippen molar-refractivity contribution in [3.63, 3.8) is 0 Å². The Balaban J connectivity index is 1.99. The predicted molar refractivity (Wildman–Crippen MR) is 90.5 cm³/mol. The maximum absolute atomic E-state index is 5.97. The highest BCUT2D eigenvalue weighted by Crippen LogP contribution is 2.23. The van der Waals surface area contributed by atoms with Gasteiger partial charge in [0.25, 0.3) is 0 Å². The lowest BCUT2D eigenvalue weighted by atomic mass is 10.2. The van der Waals surface area contributed by atoms with Gasteiger partial charge in [-0.1, -0.05) is 45.6 Å². The summed E-state index contributed by atoms with van der Waals surface area (Å²) >= 11 is 9.44. The van der Waals surface area contributed by atoms with E-state index in [2.05, 4.69) is 27.2 Å². The van der Waals surface area contributed by atoms with Gasteiger partial charge in [-0.15, -0.1) is 6.42 Å². The molecule has 1 N–H and O–H groups in total. The van der Waals surface area contributed by atoms with Gasteiger partial charge in [0.2, 0.25) is 0 Å². The number of ether oxygens (including phenoxy) is 1. The van der Waals surface area contributed by atoms with Crippen LogP contribution in [0.15, 0.2) is 46.9 Å². The zero-order chi connectivity index (χ0) is 15.1. The van der Waals surface area contributed by atoms with Crippen LogP contribution < -0.4 is 10.1 Å². The lowest BCUT2D eigenvalue weighted by molar-refractivity contribution is 0.364. The van der Waals surface area contributed by atoms with Crippen LogP contribution in [0.25, 0.3) is 0 Å². The molecule has 0 saturated heterocycles. The number of rotatable bonds is 6. The number of terminal acetylenes is 1. The molecule has 0 radical (unpaired) electrons. The quantitative estimate of drug-likeness (QED) is 0.767. The second kappa shape index (κ2) is 8.09. The van der Waals surface area contributed by atoms with Crippen LogP contribution in [-0.2, 0) is 13.1 Å². The number of hydrogen-bond donors (Lipinski definition) is 1. The van der Waals surface area contributed by atoms with Gasteiger partial charge in [0.05, 0.1) is 0 Å². The lowest BCUT2D eigenvalue weighted by Crippen LogP contribution is -2.13. The van der Waals surface area contributed by atoms with Crippen LogP contribution in [0.5, 0.6) is 5.75 Å². The Morgan fingerprint density at radius 3 is 2.81 bits per heavy atom. The highest BCUT2D eigenvalue weighted by molar-refractivity contribution is 9.10. The molecule has 0 spiro atoms. The van der Waals surface area contributed by atoms with Crippen LogP contribution in [0, 0.1) is 12.3 Å². The molecule has 4 heteroatoms. The molecule has 0 heterocycles. The van der Waals surface area contributed by atoms with E-state index >= 15 is 0 Å². The van der Waals surface area contributed by atoms with Crippen molar-refractivity contribution in [2.75, 3.05) is 6.61 Å². The molecule has 21 heavy (non-hydrogen) atoms. The molecule has 2 rings (SSSR count). The first kappa shape index (κ1) is 15.9. The Hall–Kier alpha value is -1.47. The van der Waals surface area contributed by atoms with E-state index in [1.807, 2.05) is 42.5 Å². The van der Waals surface area contributed by atoms with Gasteiger partial charge in [-0.05, 0) is 35.9 Å².